The highest BCUT2D eigenvalue weighted by Crippen LogP contribution is 2.10. The zero-order chi connectivity index (χ0) is 13.8. The van der Waals surface area contributed by atoms with Crippen molar-refractivity contribution in [2.24, 2.45) is 0 Å². The number of carbonyl (C=O) groups excluding carboxylic acids is 1. The van der Waals surface area contributed by atoms with Crippen molar-refractivity contribution in [3.05, 3.63) is 29.8 Å². The average Bonchev–Trinajstić information content (AvgIpc) is 2.28. The maximum absolute atomic E-state index is 11.9. The number of ether oxygens (including phenoxy) is 1. The van der Waals surface area contributed by atoms with Gasteiger partial charge >= 0.3 is 0 Å². The van der Waals surface area contributed by atoms with Gasteiger partial charge in [0.2, 0.25) is 10.0 Å². The molecule has 7 heteroatoms. The number of methoxy groups -OCH3 is 1. The van der Waals surface area contributed by atoms with E-state index in [9.17, 15) is 18.3 Å². The van der Waals surface area contributed by atoms with Crippen LogP contribution >= 0.6 is 0 Å². The van der Waals surface area contributed by atoms with Gasteiger partial charge in [-0.1, -0.05) is 12.1 Å². The van der Waals surface area contributed by atoms with E-state index in [1.165, 1.54) is 31.4 Å². The molecule has 0 amide bonds. The number of carboxylic acid groups (broad SMARTS) is 1. The molecular weight excluding hydrogens is 258 g/mol. The monoisotopic (exact) mass is 272 g/mol. The van der Waals surface area contributed by atoms with Crippen molar-refractivity contribution >= 4 is 16.0 Å². The van der Waals surface area contributed by atoms with Crippen molar-refractivity contribution in [2.75, 3.05) is 13.7 Å². The Balaban J connectivity index is 2.88. The second-order valence-corrected chi connectivity index (χ2v) is 5.50. The van der Waals surface area contributed by atoms with Crippen LogP contribution in [0.1, 0.15) is 17.3 Å². The zero-order valence-corrected chi connectivity index (χ0v) is 10.9. The molecule has 1 atom stereocenters. The number of hydrogen-bond acceptors (Lipinski definition) is 5. The third-order valence-corrected chi connectivity index (χ3v) is 3.78. The van der Waals surface area contributed by atoms with Crippen LogP contribution < -0.4 is 9.83 Å². The van der Waals surface area contributed by atoms with Crippen LogP contribution in [0.25, 0.3) is 0 Å². The quantitative estimate of drug-likeness (QED) is 0.743. The second kappa shape index (κ2) is 5.94. The molecule has 1 rings (SSSR count). The topological polar surface area (TPSA) is 95.5 Å². The summed E-state index contributed by atoms with van der Waals surface area (Å²) >= 11 is 0. The molecule has 0 aliphatic heterocycles. The van der Waals surface area contributed by atoms with Crippen molar-refractivity contribution in [1.82, 2.24) is 4.72 Å². The number of nitrogens with one attached hydrogen (secondary N) is 1. The standard InChI is InChI=1S/C11H15NO5S/c1-8(7-17-2)12-18(15,16)10-5-3-9(4-6-10)11(13)14/h3-6,8,12H,7H2,1-2H3,(H,13,14)/p-1/t8-/m1/s1. The molecule has 0 saturated heterocycles. The summed E-state index contributed by atoms with van der Waals surface area (Å²) < 4.78 is 31.0. The summed E-state index contributed by atoms with van der Waals surface area (Å²) in [6, 6.07) is 4.43. The van der Waals surface area contributed by atoms with Crippen LogP contribution in [0.3, 0.4) is 0 Å². The van der Waals surface area contributed by atoms with Crippen molar-refractivity contribution < 1.29 is 23.1 Å². The van der Waals surface area contributed by atoms with Crippen LogP contribution in [-0.4, -0.2) is 34.1 Å². The molecular formula is C11H14NO5S-. The summed E-state index contributed by atoms with van der Waals surface area (Å²) in [4.78, 5) is 10.5. The Morgan fingerprint density at radius 1 is 1.39 bits per heavy atom. The Hall–Kier alpha value is -1.44. The number of carboxylic acids is 1. The predicted molar refractivity (Wildman–Crippen MR) is 62.4 cm³/mol. The van der Waals surface area contributed by atoms with Gasteiger partial charge in [-0.15, -0.1) is 0 Å². The Morgan fingerprint density at radius 2 is 1.94 bits per heavy atom. The minimum Gasteiger partial charge on any atom is -0.545 e. The van der Waals surface area contributed by atoms with Gasteiger partial charge in [0.1, 0.15) is 0 Å². The molecule has 100 valence electrons. The lowest BCUT2D eigenvalue weighted by atomic mass is 10.2. The molecule has 1 N–H and O–H groups in total. The third kappa shape index (κ3) is 3.80. The normalized spacial score (nSPS) is 13.2. The van der Waals surface area contributed by atoms with E-state index in [1.807, 2.05) is 0 Å². The molecule has 0 unspecified atom stereocenters. The van der Waals surface area contributed by atoms with Crippen molar-refractivity contribution in [2.45, 2.75) is 17.9 Å². The highest BCUT2D eigenvalue weighted by Gasteiger charge is 2.16. The minimum atomic E-state index is -3.67. The van der Waals surface area contributed by atoms with E-state index in [2.05, 4.69) is 4.72 Å². The number of sulfonamides is 1. The van der Waals surface area contributed by atoms with Crippen LogP contribution in [0.5, 0.6) is 0 Å². The van der Waals surface area contributed by atoms with E-state index < -0.39 is 16.0 Å². The van der Waals surface area contributed by atoms with Crippen LogP contribution in [0.15, 0.2) is 29.2 Å². The summed E-state index contributed by atoms with van der Waals surface area (Å²) in [6.07, 6.45) is 0. The molecule has 0 aliphatic rings. The fraction of sp³-hybridized carbons (Fsp3) is 0.364. The first-order valence-electron chi connectivity index (χ1n) is 5.19. The van der Waals surface area contributed by atoms with Gasteiger partial charge in [-0.2, -0.15) is 0 Å². The summed E-state index contributed by atoms with van der Waals surface area (Å²) in [5.74, 6) is -1.35. The van der Waals surface area contributed by atoms with Gasteiger partial charge in [0.05, 0.1) is 17.5 Å². The maximum Gasteiger partial charge on any atom is 0.240 e. The molecule has 18 heavy (non-hydrogen) atoms. The molecule has 1 aromatic rings. The number of carbonyl (C=O) groups is 1. The molecule has 0 radical (unpaired) electrons. The Bertz CT molecular complexity index is 509. The predicted octanol–water partition coefficient (Wildman–Crippen LogP) is -0.637. The van der Waals surface area contributed by atoms with Crippen LogP contribution in [0, 0.1) is 0 Å². The second-order valence-electron chi connectivity index (χ2n) is 3.79. The first-order chi connectivity index (χ1) is 8.36. The lowest BCUT2D eigenvalue weighted by molar-refractivity contribution is -0.255. The number of aromatic carboxylic acids is 1. The van der Waals surface area contributed by atoms with E-state index in [0.717, 1.165) is 0 Å². The number of hydrogen-bond donors (Lipinski definition) is 1. The number of benzene rings is 1. The van der Waals surface area contributed by atoms with Gasteiger partial charge in [-0.3, -0.25) is 0 Å². The van der Waals surface area contributed by atoms with Gasteiger partial charge in [0.15, 0.2) is 0 Å². The van der Waals surface area contributed by atoms with Gasteiger partial charge in [-0.05, 0) is 24.6 Å². The van der Waals surface area contributed by atoms with Gasteiger partial charge in [0.25, 0.3) is 0 Å². The van der Waals surface area contributed by atoms with E-state index in [4.69, 9.17) is 4.74 Å². The van der Waals surface area contributed by atoms with E-state index >= 15 is 0 Å². The number of rotatable bonds is 6. The van der Waals surface area contributed by atoms with Gasteiger partial charge in [0, 0.05) is 13.2 Å². The highest BCUT2D eigenvalue weighted by molar-refractivity contribution is 7.89. The molecule has 0 aliphatic carbocycles. The molecule has 0 heterocycles. The average molecular weight is 272 g/mol. The lowest BCUT2D eigenvalue weighted by Gasteiger charge is -2.13. The SMILES string of the molecule is COC[C@@H](C)NS(=O)(=O)c1ccc(C(=O)[O-])cc1. The largest absolute Gasteiger partial charge is 0.545 e. The molecule has 0 spiro atoms. The van der Waals surface area contributed by atoms with Gasteiger partial charge < -0.3 is 14.6 Å². The molecule has 0 bridgehead atoms. The fourth-order valence-corrected chi connectivity index (χ4v) is 2.62. The van der Waals surface area contributed by atoms with E-state index in [-0.39, 0.29) is 23.1 Å². The Labute approximate surface area is 106 Å². The maximum atomic E-state index is 11.9. The minimum absolute atomic E-state index is 0.00421. The first-order valence-corrected chi connectivity index (χ1v) is 6.68. The smallest absolute Gasteiger partial charge is 0.240 e. The van der Waals surface area contributed by atoms with Gasteiger partial charge in [-0.25, -0.2) is 13.1 Å². The van der Waals surface area contributed by atoms with Crippen molar-refractivity contribution in [3.63, 3.8) is 0 Å². The zero-order valence-electron chi connectivity index (χ0n) is 10.0. The van der Waals surface area contributed by atoms with Crippen molar-refractivity contribution in [1.29, 1.82) is 0 Å². The summed E-state index contributed by atoms with van der Waals surface area (Å²) in [7, 11) is -2.20. The van der Waals surface area contributed by atoms with Crippen LogP contribution in [-0.2, 0) is 14.8 Å². The lowest BCUT2D eigenvalue weighted by Crippen LogP contribution is -2.35. The first kappa shape index (κ1) is 14.6. The molecule has 0 fully saturated rings. The fourth-order valence-electron chi connectivity index (χ4n) is 1.39. The Kier molecular flexibility index (Phi) is 4.83. The molecule has 0 aromatic heterocycles. The van der Waals surface area contributed by atoms with Crippen LogP contribution in [0.4, 0.5) is 0 Å². The Morgan fingerprint density at radius 3 is 2.39 bits per heavy atom. The summed E-state index contributed by atoms with van der Waals surface area (Å²) in [6.45, 7) is 1.91. The molecule has 1 aromatic carbocycles. The van der Waals surface area contributed by atoms with E-state index in [0.29, 0.717) is 0 Å². The van der Waals surface area contributed by atoms with Crippen LogP contribution in [0.2, 0.25) is 0 Å². The summed E-state index contributed by atoms with van der Waals surface area (Å²) in [5, 5.41) is 10.5. The molecule has 0 saturated carbocycles. The molecule has 6 nitrogen and oxygen atoms in total. The summed E-state index contributed by atoms with van der Waals surface area (Å²) in [5.41, 5.74) is -0.0705. The van der Waals surface area contributed by atoms with E-state index in [1.54, 1.807) is 6.92 Å². The van der Waals surface area contributed by atoms with Crippen molar-refractivity contribution in [3.8, 4) is 0 Å². The third-order valence-electron chi connectivity index (χ3n) is 2.17. The highest BCUT2D eigenvalue weighted by atomic mass is 32.2.